The molecule has 0 bridgehead atoms. The van der Waals surface area contributed by atoms with Gasteiger partial charge in [-0.1, -0.05) is 0 Å². The SMILES string of the molecule is CC(C)NC(C#N)(CN(C)CCN(C)C)C1CC1. The molecule has 0 aromatic heterocycles. The van der Waals surface area contributed by atoms with Gasteiger partial charge in [0.1, 0.15) is 5.54 Å². The molecule has 0 amide bonds. The summed E-state index contributed by atoms with van der Waals surface area (Å²) >= 11 is 0. The molecular formula is C14H28N4. The number of nitrogens with zero attached hydrogens (tertiary/aromatic N) is 3. The fourth-order valence-corrected chi connectivity index (χ4v) is 2.42. The van der Waals surface area contributed by atoms with E-state index in [2.05, 4.69) is 56.2 Å². The molecule has 1 N–H and O–H groups in total. The van der Waals surface area contributed by atoms with Crippen molar-refractivity contribution in [2.45, 2.75) is 38.3 Å². The second kappa shape index (κ2) is 6.51. The molecule has 1 fully saturated rings. The van der Waals surface area contributed by atoms with Crippen molar-refractivity contribution in [2.75, 3.05) is 40.8 Å². The van der Waals surface area contributed by atoms with Crippen molar-refractivity contribution in [1.82, 2.24) is 15.1 Å². The Morgan fingerprint density at radius 2 is 1.89 bits per heavy atom. The Morgan fingerprint density at radius 1 is 1.28 bits per heavy atom. The van der Waals surface area contributed by atoms with E-state index in [1.54, 1.807) is 0 Å². The van der Waals surface area contributed by atoms with Crippen molar-refractivity contribution in [3.63, 3.8) is 0 Å². The lowest BCUT2D eigenvalue weighted by atomic mass is 9.93. The van der Waals surface area contributed by atoms with Crippen LogP contribution in [0.15, 0.2) is 0 Å². The van der Waals surface area contributed by atoms with Gasteiger partial charge in [-0.15, -0.1) is 0 Å². The molecular weight excluding hydrogens is 224 g/mol. The molecule has 1 aliphatic rings. The fourth-order valence-electron chi connectivity index (χ4n) is 2.42. The Bertz CT molecular complexity index is 291. The van der Waals surface area contributed by atoms with Crippen LogP contribution in [-0.4, -0.2) is 62.2 Å². The molecule has 0 aliphatic heterocycles. The third-order valence-electron chi connectivity index (χ3n) is 3.47. The molecule has 1 rings (SSSR count). The van der Waals surface area contributed by atoms with E-state index in [9.17, 15) is 5.26 Å². The lowest BCUT2D eigenvalue weighted by Gasteiger charge is -2.34. The van der Waals surface area contributed by atoms with Gasteiger partial charge in [-0.05, 0) is 53.8 Å². The lowest BCUT2D eigenvalue weighted by Crippen LogP contribution is -2.56. The van der Waals surface area contributed by atoms with Crippen molar-refractivity contribution < 1.29 is 0 Å². The predicted molar refractivity (Wildman–Crippen MR) is 75.4 cm³/mol. The Hall–Kier alpha value is -0.630. The van der Waals surface area contributed by atoms with Crippen LogP contribution < -0.4 is 5.32 Å². The zero-order valence-electron chi connectivity index (χ0n) is 12.5. The fraction of sp³-hybridized carbons (Fsp3) is 0.929. The zero-order chi connectivity index (χ0) is 13.8. The van der Waals surface area contributed by atoms with Crippen molar-refractivity contribution in [3.8, 4) is 6.07 Å². The molecule has 4 heteroatoms. The topological polar surface area (TPSA) is 42.3 Å². The molecule has 1 atom stereocenters. The number of likely N-dealkylation sites (N-methyl/N-ethyl adjacent to an activating group) is 2. The maximum Gasteiger partial charge on any atom is 0.122 e. The molecule has 1 saturated carbocycles. The van der Waals surface area contributed by atoms with Crippen LogP contribution >= 0.6 is 0 Å². The highest BCUT2D eigenvalue weighted by Crippen LogP contribution is 2.40. The average Bonchev–Trinajstić information content (AvgIpc) is 3.08. The normalized spacial score (nSPS) is 19.3. The number of hydrogen-bond acceptors (Lipinski definition) is 4. The van der Waals surface area contributed by atoms with E-state index in [1.165, 1.54) is 12.8 Å². The van der Waals surface area contributed by atoms with Crippen LogP contribution in [0.25, 0.3) is 0 Å². The third-order valence-corrected chi connectivity index (χ3v) is 3.47. The van der Waals surface area contributed by atoms with Crippen molar-refractivity contribution in [1.29, 1.82) is 5.26 Å². The third kappa shape index (κ3) is 4.56. The molecule has 0 radical (unpaired) electrons. The monoisotopic (exact) mass is 252 g/mol. The highest BCUT2D eigenvalue weighted by atomic mass is 15.2. The van der Waals surface area contributed by atoms with Crippen molar-refractivity contribution in [3.05, 3.63) is 0 Å². The zero-order valence-corrected chi connectivity index (χ0v) is 12.5. The summed E-state index contributed by atoms with van der Waals surface area (Å²) in [6.07, 6.45) is 2.38. The summed E-state index contributed by atoms with van der Waals surface area (Å²) < 4.78 is 0. The van der Waals surface area contributed by atoms with Crippen molar-refractivity contribution >= 4 is 0 Å². The molecule has 0 aromatic rings. The first-order valence-corrected chi connectivity index (χ1v) is 6.92. The average molecular weight is 252 g/mol. The quantitative estimate of drug-likeness (QED) is 0.704. The Morgan fingerprint density at radius 3 is 2.28 bits per heavy atom. The first-order valence-electron chi connectivity index (χ1n) is 6.92. The largest absolute Gasteiger partial charge is 0.308 e. The first-order chi connectivity index (χ1) is 8.39. The Kier molecular flexibility index (Phi) is 5.58. The summed E-state index contributed by atoms with van der Waals surface area (Å²) in [5, 5.41) is 13.1. The van der Waals surface area contributed by atoms with E-state index in [0.29, 0.717) is 12.0 Å². The van der Waals surface area contributed by atoms with E-state index in [0.717, 1.165) is 19.6 Å². The van der Waals surface area contributed by atoms with E-state index >= 15 is 0 Å². The summed E-state index contributed by atoms with van der Waals surface area (Å²) in [6.45, 7) is 7.09. The van der Waals surface area contributed by atoms with Crippen LogP contribution in [0.1, 0.15) is 26.7 Å². The summed E-state index contributed by atoms with van der Waals surface area (Å²) in [7, 11) is 6.28. The minimum atomic E-state index is -0.352. The number of rotatable bonds is 8. The molecule has 4 nitrogen and oxygen atoms in total. The maximum absolute atomic E-state index is 9.61. The Labute approximate surface area is 112 Å². The molecule has 1 unspecified atom stereocenters. The second-order valence-electron chi connectivity index (χ2n) is 6.20. The summed E-state index contributed by atoms with van der Waals surface area (Å²) in [5.74, 6) is 0.534. The van der Waals surface area contributed by atoms with Gasteiger partial charge in [0.25, 0.3) is 0 Å². The van der Waals surface area contributed by atoms with E-state index in [4.69, 9.17) is 0 Å². The molecule has 18 heavy (non-hydrogen) atoms. The summed E-state index contributed by atoms with van der Waals surface area (Å²) in [4.78, 5) is 4.45. The highest BCUT2D eigenvalue weighted by molar-refractivity contribution is 5.17. The van der Waals surface area contributed by atoms with Crippen LogP contribution in [0.3, 0.4) is 0 Å². The summed E-state index contributed by atoms with van der Waals surface area (Å²) in [6, 6.07) is 2.92. The molecule has 1 aliphatic carbocycles. The van der Waals surface area contributed by atoms with Gasteiger partial charge >= 0.3 is 0 Å². The van der Waals surface area contributed by atoms with Gasteiger partial charge in [0.2, 0.25) is 0 Å². The van der Waals surface area contributed by atoms with Gasteiger partial charge in [0.05, 0.1) is 6.07 Å². The van der Waals surface area contributed by atoms with Gasteiger partial charge in [0.15, 0.2) is 0 Å². The van der Waals surface area contributed by atoms with Crippen LogP contribution in [0, 0.1) is 17.2 Å². The van der Waals surface area contributed by atoms with E-state index < -0.39 is 0 Å². The highest BCUT2D eigenvalue weighted by Gasteiger charge is 2.46. The number of nitrogens with one attached hydrogen (secondary N) is 1. The number of hydrogen-bond donors (Lipinski definition) is 1. The summed E-state index contributed by atoms with van der Waals surface area (Å²) in [5.41, 5.74) is -0.352. The van der Waals surface area contributed by atoms with Crippen LogP contribution in [0.4, 0.5) is 0 Å². The maximum atomic E-state index is 9.61. The smallest absolute Gasteiger partial charge is 0.122 e. The molecule has 0 heterocycles. The van der Waals surface area contributed by atoms with Gasteiger partial charge in [-0.3, -0.25) is 5.32 Å². The van der Waals surface area contributed by atoms with Gasteiger partial charge in [-0.25, -0.2) is 0 Å². The van der Waals surface area contributed by atoms with Crippen LogP contribution in [-0.2, 0) is 0 Å². The minimum Gasteiger partial charge on any atom is -0.308 e. The molecule has 104 valence electrons. The van der Waals surface area contributed by atoms with Crippen molar-refractivity contribution in [2.24, 2.45) is 5.92 Å². The second-order valence-corrected chi connectivity index (χ2v) is 6.20. The van der Waals surface area contributed by atoms with Gasteiger partial charge < -0.3 is 9.80 Å². The lowest BCUT2D eigenvalue weighted by molar-refractivity contribution is 0.203. The minimum absolute atomic E-state index is 0.352. The van der Waals surface area contributed by atoms with Crippen LogP contribution in [0.5, 0.6) is 0 Å². The molecule has 0 saturated heterocycles. The van der Waals surface area contributed by atoms with Gasteiger partial charge in [0, 0.05) is 25.7 Å². The van der Waals surface area contributed by atoms with E-state index in [1.807, 2.05) is 0 Å². The Balaban J connectivity index is 2.58. The standard InChI is InChI=1S/C14H28N4/c1-12(2)16-14(10-15,13-6-7-13)11-18(5)9-8-17(3)4/h12-13,16H,6-9,11H2,1-5H3. The van der Waals surface area contributed by atoms with Gasteiger partial charge in [-0.2, -0.15) is 5.26 Å². The molecule has 0 spiro atoms. The van der Waals surface area contributed by atoms with E-state index in [-0.39, 0.29) is 5.54 Å². The predicted octanol–water partition coefficient (Wildman–Crippen LogP) is 1.15. The van der Waals surface area contributed by atoms with Crippen LogP contribution in [0.2, 0.25) is 0 Å². The molecule has 0 aromatic carbocycles. The number of nitriles is 1. The first kappa shape index (κ1) is 15.4.